The Bertz CT molecular complexity index is 1010. The molecule has 0 radical (unpaired) electrons. The predicted molar refractivity (Wildman–Crippen MR) is 128 cm³/mol. The Morgan fingerprint density at radius 1 is 1.18 bits per heavy atom. The second-order valence-electron chi connectivity index (χ2n) is 9.26. The van der Waals surface area contributed by atoms with Crippen molar-refractivity contribution in [2.24, 2.45) is 5.92 Å². The third-order valence-corrected chi connectivity index (χ3v) is 8.29. The van der Waals surface area contributed by atoms with Crippen LogP contribution < -0.4 is 15.8 Å². The number of hydrogen-bond donors (Lipinski definition) is 2. The van der Waals surface area contributed by atoms with Crippen molar-refractivity contribution in [1.82, 2.24) is 20.8 Å². The number of nitrogens with zero attached hydrogens (tertiary/aromatic N) is 3. The predicted octanol–water partition coefficient (Wildman–Crippen LogP) is 5.20. The first kappa shape index (κ1) is 23.5. The minimum absolute atomic E-state index is 0.0847. The van der Waals surface area contributed by atoms with E-state index < -0.39 is 0 Å². The number of rotatable bonds is 5. The lowest BCUT2D eigenvalue weighted by Crippen LogP contribution is -2.46. The van der Waals surface area contributed by atoms with Crippen LogP contribution in [0.2, 0.25) is 10.0 Å². The van der Waals surface area contributed by atoms with Crippen LogP contribution in [0.15, 0.2) is 24.7 Å². The van der Waals surface area contributed by atoms with E-state index in [2.05, 4.69) is 27.7 Å². The number of ether oxygens (including phenoxy) is 1. The Labute approximate surface area is 208 Å². The van der Waals surface area contributed by atoms with Gasteiger partial charge in [-0.1, -0.05) is 23.2 Å². The summed E-state index contributed by atoms with van der Waals surface area (Å²) in [6, 6.07) is 2.02. The lowest BCUT2D eigenvalue weighted by atomic mass is 9.78. The number of hydrazine groups is 1. The number of nitrogens with one attached hydrogen (secondary N) is 2. The molecule has 178 valence electrons. The molecule has 4 heterocycles. The summed E-state index contributed by atoms with van der Waals surface area (Å²) in [7, 11) is 0. The first-order chi connectivity index (χ1) is 15.8. The second-order valence-corrected chi connectivity index (χ2v) is 10.6. The summed E-state index contributed by atoms with van der Waals surface area (Å²) < 4.78 is 21.3. The molecule has 5 rings (SSSR count). The van der Waals surface area contributed by atoms with Gasteiger partial charge >= 0.3 is 0 Å². The monoisotopic (exact) mass is 513 g/mol. The third kappa shape index (κ3) is 4.44. The highest BCUT2D eigenvalue weighted by Crippen LogP contribution is 2.43. The molecular formula is C23H27Cl3FN5O. The lowest BCUT2D eigenvalue weighted by Gasteiger charge is -2.40. The molecule has 5 unspecified atom stereocenters. The Hall–Kier alpha value is -1.22. The van der Waals surface area contributed by atoms with Crippen LogP contribution in [0, 0.1) is 11.7 Å². The van der Waals surface area contributed by atoms with E-state index in [4.69, 9.17) is 39.5 Å². The zero-order chi connectivity index (χ0) is 23.3. The van der Waals surface area contributed by atoms with Gasteiger partial charge in [0.25, 0.3) is 0 Å². The van der Waals surface area contributed by atoms with E-state index >= 15 is 0 Å². The number of fused-ring (bicyclic) bond motifs is 1. The van der Waals surface area contributed by atoms with E-state index in [1.807, 2.05) is 11.8 Å². The highest BCUT2D eigenvalue weighted by atomic mass is 35.5. The van der Waals surface area contributed by atoms with Crippen molar-refractivity contribution < 1.29 is 9.13 Å². The van der Waals surface area contributed by atoms with E-state index in [0.717, 1.165) is 24.9 Å². The van der Waals surface area contributed by atoms with Gasteiger partial charge in [0, 0.05) is 42.8 Å². The molecule has 33 heavy (non-hydrogen) atoms. The fraction of sp³-hybridized carbons (Fsp3) is 0.565. The highest BCUT2D eigenvalue weighted by molar-refractivity contribution is 6.35. The Kier molecular flexibility index (Phi) is 6.73. The van der Waals surface area contributed by atoms with Gasteiger partial charge in [-0.25, -0.2) is 14.8 Å². The van der Waals surface area contributed by atoms with E-state index in [1.54, 1.807) is 24.7 Å². The van der Waals surface area contributed by atoms with Crippen molar-refractivity contribution >= 4 is 40.6 Å². The molecule has 0 aromatic carbocycles. The molecule has 0 bridgehead atoms. The molecule has 1 aliphatic carbocycles. The molecule has 7 atom stereocenters. The smallest absolute Gasteiger partial charge is 0.166 e. The molecule has 2 N–H and O–H groups in total. The maximum Gasteiger partial charge on any atom is 0.166 e. The van der Waals surface area contributed by atoms with Crippen LogP contribution in [0.25, 0.3) is 0 Å². The van der Waals surface area contributed by atoms with Crippen LogP contribution in [-0.2, 0) is 4.74 Å². The maximum absolute atomic E-state index is 14.9. The Morgan fingerprint density at radius 2 is 1.94 bits per heavy atom. The van der Waals surface area contributed by atoms with Crippen molar-refractivity contribution in [3.63, 3.8) is 0 Å². The van der Waals surface area contributed by atoms with Gasteiger partial charge in [0.2, 0.25) is 0 Å². The molecule has 0 amide bonds. The number of halogens is 4. The number of pyridine rings is 2. The molecular weight excluding hydrogens is 488 g/mol. The SMILES string of the molecule is C[C@@H]1CCN1c1ncc(C2NNC3CC(Cl)C(O[C@H](C)c4c(Cl)cncc4Cl)CC32)cc1F. The van der Waals surface area contributed by atoms with Crippen LogP contribution in [0.5, 0.6) is 0 Å². The summed E-state index contributed by atoms with van der Waals surface area (Å²) in [4.78, 5) is 10.5. The molecule has 1 saturated carbocycles. The number of anilines is 1. The second kappa shape index (κ2) is 9.44. The van der Waals surface area contributed by atoms with E-state index in [1.165, 1.54) is 0 Å². The van der Waals surface area contributed by atoms with Crippen LogP contribution in [0.4, 0.5) is 10.2 Å². The Balaban J connectivity index is 1.32. The van der Waals surface area contributed by atoms with Gasteiger partial charge in [-0.3, -0.25) is 10.4 Å². The molecule has 2 aromatic rings. The molecule has 10 heteroatoms. The summed E-state index contributed by atoms with van der Waals surface area (Å²) in [5.41, 5.74) is 8.22. The van der Waals surface area contributed by atoms with Crippen molar-refractivity contribution in [2.45, 2.75) is 68.8 Å². The Morgan fingerprint density at radius 3 is 2.58 bits per heavy atom. The van der Waals surface area contributed by atoms with Crippen LogP contribution in [0.3, 0.4) is 0 Å². The lowest BCUT2D eigenvalue weighted by molar-refractivity contribution is -0.0343. The number of aromatic nitrogens is 2. The largest absolute Gasteiger partial charge is 0.369 e. The summed E-state index contributed by atoms with van der Waals surface area (Å²) >= 11 is 19.4. The molecule has 3 fully saturated rings. The van der Waals surface area contributed by atoms with E-state index in [9.17, 15) is 4.39 Å². The fourth-order valence-corrected chi connectivity index (χ4v) is 6.28. The molecule has 2 saturated heterocycles. The quantitative estimate of drug-likeness (QED) is 0.535. The van der Waals surface area contributed by atoms with E-state index in [-0.39, 0.29) is 41.4 Å². The van der Waals surface area contributed by atoms with Gasteiger partial charge < -0.3 is 9.64 Å². The summed E-state index contributed by atoms with van der Waals surface area (Å²) in [6.07, 6.45) is 6.86. The first-order valence-corrected chi connectivity index (χ1v) is 12.5. The average Bonchev–Trinajstić information content (AvgIpc) is 3.16. The maximum atomic E-state index is 14.9. The summed E-state index contributed by atoms with van der Waals surface area (Å²) in [6.45, 7) is 4.85. The van der Waals surface area contributed by atoms with Gasteiger partial charge in [0.15, 0.2) is 11.6 Å². The van der Waals surface area contributed by atoms with Crippen molar-refractivity contribution in [3.05, 3.63) is 51.6 Å². The van der Waals surface area contributed by atoms with Crippen molar-refractivity contribution in [3.8, 4) is 0 Å². The van der Waals surface area contributed by atoms with Gasteiger partial charge in [-0.05, 0) is 50.7 Å². The number of hydrogen-bond acceptors (Lipinski definition) is 6. The van der Waals surface area contributed by atoms with Crippen LogP contribution >= 0.6 is 34.8 Å². The van der Waals surface area contributed by atoms with E-state index in [0.29, 0.717) is 33.9 Å². The zero-order valence-electron chi connectivity index (χ0n) is 18.4. The van der Waals surface area contributed by atoms with Crippen LogP contribution in [-0.4, -0.2) is 40.1 Å². The zero-order valence-corrected chi connectivity index (χ0v) is 20.7. The minimum atomic E-state index is -0.339. The molecule has 2 aliphatic heterocycles. The molecule has 3 aliphatic rings. The van der Waals surface area contributed by atoms with Gasteiger partial charge in [0.05, 0.1) is 33.7 Å². The standard InChI is InChI=1S/C23H27Cl3FN5O/c1-11-3-4-32(11)23-18(27)5-13(8-29-23)22-14-6-20(15(24)7-19(14)30-31-22)33-12(2)21-16(25)9-28-10-17(21)26/h5,8-12,14-15,19-20,22,30-31H,3-4,6-7H2,1-2H3/t11-,12-,14?,15?,19?,20?,22?/m1/s1. The van der Waals surface area contributed by atoms with Crippen molar-refractivity contribution in [2.75, 3.05) is 11.4 Å². The normalized spacial score (nSPS) is 32.4. The summed E-state index contributed by atoms with van der Waals surface area (Å²) in [5, 5.41) is 0.761. The van der Waals surface area contributed by atoms with Crippen LogP contribution in [0.1, 0.15) is 56.4 Å². The van der Waals surface area contributed by atoms with Gasteiger partial charge in [-0.15, -0.1) is 11.6 Å². The minimum Gasteiger partial charge on any atom is -0.369 e. The average molecular weight is 515 g/mol. The number of alkyl halides is 1. The summed E-state index contributed by atoms with van der Waals surface area (Å²) in [5.74, 6) is 0.333. The molecule has 6 nitrogen and oxygen atoms in total. The van der Waals surface area contributed by atoms with Gasteiger partial charge in [0.1, 0.15) is 0 Å². The third-order valence-electron chi connectivity index (χ3n) is 7.23. The molecule has 2 aromatic heterocycles. The topological polar surface area (TPSA) is 62.3 Å². The van der Waals surface area contributed by atoms with Gasteiger partial charge in [-0.2, -0.15) is 0 Å². The first-order valence-electron chi connectivity index (χ1n) is 11.3. The van der Waals surface area contributed by atoms with Crippen molar-refractivity contribution in [1.29, 1.82) is 0 Å². The fourth-order valence-electron chi connectivity index (χ4n) is 5.26. The highest BCUT2D eigenvalue weighted by Gasteiger charge is 2.45. The molecule has 0 spiro atoms.